The highest BCUT2D eigenvalue weighted by Crippen LogP contribution is 2.27. The molecule has 0 saturated heterocycles. The Morgan fingerprint density at radius 3 is 2.93 bits per heavy atom. The normalized spacial score (nSPS) is 13.7. The summed E-state index contributed by atoms with van der Waals surface area (Å²) in [5.74, 6) is -0.141. The van der Waals surface area contributed by atoms with E-state index in [1.807, 2.05) is 12.1 Å². The lowest BCUT2D eigenvalue weighted by Gasteiger charge is -2.11. The maximum Gasteiger partial charge on any atom is 0.277 e. The summed E-state index contributed by atoms with van der Waals surface area (Å²) in [6.45, 7) is 1.69. The summed E-state index contributed by atoms with van der Waals surface area (Å²) in [6, 6.07) is 12.2. The summed E-state index contributed by atoms with van der Waals surface area (Å²) < 4.78 is 24.8. The Hall–Kier alpha value is -2.87. The number of rotatable bonds is 7. The molecule has 0 spiro atoms. The van der Waals surface area contributed by atoms with Gasteiger partial charge in [0.15, 0.2) is 17.7 Å². The third kappa shape index (κ3) is 4.76. The lowest BCUT2D eigenvalue weighted by molar-refractivity contribution is -0.113. The highest BCUT2D eigenvalue weighted by molar-refractivity contribution is 7.99. The third-order valence-corrected chi connectivity index (χ3v) is 5.44. The second-order valence-corrected chi connectivity index (χ2v) is 7.70. The lowest BCUT2D eigenvalue weighted by atomic mass is 10.1. The van der Waals surface area contributed by atoms with Crippen LogP contribution in [0.5, 0.6) is 5.75 Å². The molecule has 1 aromatic heterocycles. The number of halogens is 1. The largest absolute Gasteiger partial charge is 0.478 e. The minimum Gasteiger partial charge on any atom is -0.478 e. The number of aromatic nitrogens is 2. The van der Waals surface area contributed by atoms with Crippen LogP contribution in [0.4, 0.5) is 10.1 Å². The Bertz CT molecular complexity index is 1020. The summed E-state index contributed by atoms with van der Waals surface area (Å²) in [5.41, 5.74) is 3.47. The minimum absolute atomic E-state index is 0.112. The number of amides is 1. The van der Waals surface area contributed by atoms with Crippen molar-refractivity contribution >= 4 is 23.4 Å². The first kappa shape index (κ1) is 19.4. The van der Waals surface area contributed by atoms with Gasteiger partial charge in [-0.2, -0.15) is 0 Å². The van der Waals surface area contributed by atoms with Crippen LogP contribution >= 0.6 is 11.8 Å². The number of hydrogen-bond donors (Lipinski definition) is 1. The maximum atomic E-state index is 13.7. The van der Waals surface area contributed by atoms with Crippen molar-refractivity contribution in [2.45, 2.75) is 37.5 Å². The van der Waals surface area contributed by atoms with Crippen molar-refractivity contribution in [3.05, 3.63) is 65.3 Å². The van der Waals surface area contributed by atoms with Gasteiger partial charge in [-0.3, -0.25) is 4.79 Å². The molecule has 6 nitrogen and oxygen atoms in total. The van der Waals surface area contributed by atoms with E-state index in [0.29, 0.717) is 0 Å². The van der Waals surface area contributed by atoms with Crippen molar-refractivity contribution in [1.82, 2.24) is 10.2 Å². The Labute approximate surface area is 171 Å². The van der Waals surface area contributed by atoms with Gasteiger partial charge in [0.05, 0.1) is 5.75 Å². The van der Waals surface area contributed by atoms with Gasteiger partial charge in [0, 0.05) is 5.69 Å². The SMILES string of the molecule is C[C@H](Oc1ccccc1F)c1nnc(SCC(=O)Nc2ccc3c(c2)CCC3)o1. The van der Waals surface area contributed by atoms with Crippen molar-refractivity contribution in [2.24, 2.45) is 0 Å². The van der Waals surface area contributed by atoms with Crippen LogP contribution < -0.4 is 10.1 Å². The van der Waals surface area contributed by atoms with E-state index >= 15 is 0 Å². The van der Waals surface area contributed by atoms with Crippen molar-refractivity contribution in [3.63, 3.8) is 0 Å². The van der Waals surface area contributed by atoms with E-state index in [2.05, 4.69) is 21.6 Å². The van der Waals surface area contributed by atoms with E-state index in [4.69, 9.17) is 9.15 Å². The maximum absolute atomic E-state index is 13.7. The molecular weight excluding hydrogens is 393 g/mol. The molecule has 4 rings (SSSR count). The van der Waals surface area contributed by atoms with Crippen LogP contribution in [0.25, 0.3) is 0 Å². The molecule has 0 radical (unpaired) electrons. The molecule has 2 aromatic carbocycles. The molecule has 1 aliphatic carbocycles. The number of thioether (sulfide) groups is 1. The second-order valence-electron chi connectivity index (χ2n) is 6.77. The number of nitrogens with one attached hydrogen (secondary N) is 1. The van der Waals surface area contributed by atoms with Gasteiger partial charge in [-0.1, -0.05) is 30.0 Å². The molecule has 150 valence electrons. The second kappa shape index (κ2) is 8.65. The third-order valence-electron chi connectivity index (χ3n) is 4.62. The monoisotopic (exact) mass is 413 g/mol. The fourth-order valence-corrected chi connectivity index (χ4v) is 3.77. The Balaban J connectivity index is 1.30. The predicted molar refractivity (Wildman–Crippen MR) is 108 cm³/mol. The van der Waals surface area contributed by atoms with Crippen LogP contribution in [0.2, 0.25) is 0 Å². The van der Waals surface area contributed by atoms with E-state index < -0.39 is 11.9 Å². The molecule has 3 aromatic rings. The summed E-state index contributed by atoms with van der Waals surface area (Å²) in [4.78, 5) is 12.2. The Kier molecular flexibility index (Phi) is 5.80. The van der Waals surface area contributed by atoms with Gasteiger partial charge in [0.2, 0.25) is 5.91 Å². The number of nitrogens with zero attached hydrogens (tertiary/aromatic N) is 2. The number of carbonyl (C=O) groups is 1. The number of fused-ring (bicyclic) bond motifs is 1. The quantitative estimate of drug-likeness (QED) is 0.572. The van der Waals surface area contributed by atoms with Gasteiger partial charge in [-0.15, -0.1) is 10.2 Å². The zero-order valence-corrected chi connectivity index (χ0v) is 16.7. The molecule has 1 aliphatic rings. The molecule has 1 N–H and O–H groups in total. The first-order chi connectivity index (χ1) is 14.1. The van der Waals surface area contributed by atoms with E-state index in [-0.39, 0.29) is 28.5 Å². The van der Waals surface area contributed by atoms with Crippen molar-refractivity contribution in [3.8, 4) is 5.75 Å². The van der Waals surface area contributed by atoms with Crippen LogP contribution in [0.15, 0.2) is 52.1 Å². The first-order valence-corrected chi connectivity index (χ1v) is 10.4. The van der Waals surface area contributed by atoms with Crippen LogP contribution in [0.1, 0.15) is 36.5 Å². The zero-order valence-electron chi connectivity index (χ0n) is 15.9. The van der Waals surface area contributed by atoms with E-state index in [0.717, 1.165) is 30.3 Å². The molecular formula is C21H20FN3O3S. The van der Waals surface area contributed by atoms with Crippen molar-refractivity contribution < 1.29 is 18.3 Å². The molecule has 1 heterocycles. The fourth-order valence-electron chi connectivity index (χ4n) is 3.20. The fraction of sp³-hybridized carbons (Fsp3) is 0.286. The number of ether oxygens (including phenoxy) is 1. The van der Waals surface area contributed by atoms with Crippen LogP contribution in [0, 0.1) is 5.82 Å². The number of para-hydroxylation sites is 1. The van der Waals surface area contributed by atoms with Gasteiger partial charge in [0.25, 0.3) is 11.1 Å². The Morgan fingerprint density at radius 1 is 1.24 bits per heavy atom. The predicted octanol–water partition coefficient (Wildman–Crippen LogP) is 4.57. The van der Waals surface area contributed by atoms with Crippen molar-refractivity contribution in [1.29, 1.82) is 0 Å². The molecule has 0 fully saturated rings. The lowest BCUT2D eigenvalue weighted by Crippen LogP contribution is -2.14. The van der Waals surface area contributed by atoms with Gasteiger partial charge < -0.3 is 14.5 Å². The molecule has 0 bridgehead atoms. The highest BCUT2D eigenvalue weighted by Gasteiger charge is 2.18. The molecule has 0 aliphatic heterocycles. The molecule has 8 heteroatoms. The topological polar surface area (TPSA) is 77.2 Å². The van der Waals surface area contributed by atoms with Gasteiger partial charge in [0.1, 0.15) is 0 Å². The first-order valence-electron chi connectivity index (χ1n) is 9.37. The smallest absolute Gasteiger partial charge is 0.277 e. The van der Waals surface area contributed by atoms with Gasteiger partial charge in [-0.25, -0.2) is 4.39 Å². The average Bonchev–Trinajstić information content (AvgIpc) is 3.37. The standard InChI is InChI=1S/C21H20FN3O3S/c1-13(27-18-8-3-2-7-17(18)22)20-24-25-21(28-20)29-12-19(26)23-16-10-9-14-5-4-6-15(14)11-16/h2-3,7-11,13H,4-6,12H2,1H3,(H,23,26)/t13-/m0/s1. The number of carbonyl (C=O) groups excluding carboxylic acids is 1. The summed E-state index contributed by atoms with van der Waals surface area (Å²) in [6.07, 6.45) is 2.72. The molecule has 29 heavy (non-hydrogen) atoms. The molecule has 0 saturated carbocycles. The van der Waals surface area contributed by atoms with Crippen LogP contribution in [-0.2, 0) is 17.6 Å². The summed E-state index contributed by atoms with van der Waals surface area (Å²) in [5, 5.41) is 11.0. The summed E-state index contributed by atoms with van der Waals surface area (Å²) in [7, 11) is 0. The highest BCUT2D eigenvalue weighted by atomic mass is 32.2. The number of benzene rings is 2. The minimum atomic E-state index is -0.617. The van der Waals surface area contributed by atoms with Crippen LogP contribution in [-0.4, -0.2) is 21.9 Å². The molecule has 0 unspecified atom stereocenters. The van der Waals surface area contributed by atoms with Gasteiger partial charge in [-0.05, 0) is 61.6 Å². The number of anilines is 1. The van der Waals surface area contributed by atoms with E-state index in [1.165, 1.54) is 29.7 Å². The molecule has 1 amide bonds. The number of aryl methyl sites for hydroxylation is 2. The van der Waals surface area contributed by atoms with Crippen LogP contribution in [0.3, 0.4) is 0 Å². The van der Waals surface area contributed by atoms with E-state index in [1.54, 1.807) is 19.1 Å². The average molecular weight is 413 g/mol. The summed E-state index contributed by atoms with van der Waals surface area (Å²) >= 11 is 1.14. The Morgan fingerprint density at radius 2 is 2.07 bits per heavy atom. The molecule has 1 atom stereocenters. The van der Waals surface area contributed by atoms with Crippen molar-refractivity contribution in [2.75, 3.05) is 11.1 Å². The zero-order chi connectivity index (χ0) is 20.2. The van der Waals surface area contributed by atoms with E-state index in [9.17, 15) is 9.18 Å². The van der Waals surface area contributed by atoms with Gasteiger partial charge >= 0.3 is 0 Å². The number of hydrogen-bond acceptors (Lipinski definition) is 6.